The Hall–Kier alpha value is -1.85. The summed E-state index contributed by atoms with van der Waals surface area (Å²) < 4.78 is 0. The van der Waals surface area contributed by atoms with E-state index in [1.165, 1.54) is 47.4 Å². The molecule has 1 amide bonds. The number of rotatable bonds is 4. The summed E-state index contributed by atoms with van der Waals surface area (Å²) in [5, 5.41) is 4.19. The van der Waals surface area contributed by atoms with Crippen molar-refractivity contribution >= 4 is 27.9 Å². The van der Waals surface area contributed by atoms with Gasteiger partial charge in [0.25, 0.3) is 0 Å². The molecule has 138 valence electrons. The SMILES string of the molecule is CC(=O)Nc1sc2c(c1CN1CCN(c3ccccc3)CC1)CCCC2. The van der Waals surface area contributed by atoms with Gasteiger partial charge in [-0.3, -0.25) is 9.69 Å². The largest absolute Gasteiger partial charge is 0.369 e. The maximum absolute atomic E-state index is 11.6. The van der Waals surface area contributed by atoms with E-state index in [4.69, 9.17) is 0 Å². The van der Waals surface area contributed by atoms with Gasteiger partial charge >= 0.3 is 0 Å². The number of hydrogen-bond acceptors (Lipinski definition) is 4. The van der Waals surface area contributed by atoms with Crippen LogP contribution in [-0.4, -0.2) is 37.0 Å². The van der Waals surface area contributed by atoms with Gasteiger partial charge in [0.2, 0.25) is 5.91 Å². The molecule has 1 fully saturated rings. The summed E-state index contributed by atoms with van der Waals surface area (Å²) in [7, 11) is 0. The third-order valence-electron chi connectivity index (χ3n) is 5.45. The van der Waals surface area contributed by atoms with Gasteiger partial charge in [-0.05, 0) is 43.4 Å². The second-order valence-electron chi connectivity index (χ2n) is 7.30. The molecule has 2 aliphatic rings. The van der Waals surface area contributed by atoms with Gasteiger partial charge in [-0.15, -0.1) is 11.3 Å². The number of benzene rings is 1. The Morgan fingerprint density at radius 1 is 1.08 bits per heavy atom. The van der Waals surface area contributed by atoms with Gasteiger partial charge in [-0.1, -0.05) is 18.2 Å². The topological polar surface area (TPSA) is 35.6 Å². The molecule has 0 atom stereocenters. The number of carbonyl (C=O) groups excluding carboxylic acids is 1. The van der Waals surface area contributed by atoms with Crippen LogP contribution in [0.4, 0.5) is 10.7 Å². The standard InChI is InChI=1S/C21H27N3OS/c1-16(25)22-21-19(18-9-5-6-10-20(18)26-21)15-23-11-13-24(14-12-23)17-7-3-2-4-8-17/h2-4,7-8H,5-6,9-15H2,1H3,(H,22,25). The lowest BCUT2D eigenvalue weighted by atomic mass is 9.95. The van der Waals surface area contributed by atoms with Crippen molar-refractivity contribution in [2.75, 3.05) is 36.4 Å². The van der Waals surface area contributed by atoms with Gasteiger partial charge in [0.1, 0.15) is 0 Å². The number of fused-ring (bicyclic) bond motifs is 1. The number of nitrogens with zero attached hydrogens (tertiary/aromatic N) is 2. The van der Waals surface area contributed by atoms with E-state index in [0.29, 0.717) is 0 Å². The zero-order valence-corrected chi connectivity index (χ0v) is 16.3. The lowest BCUT2D eigenvalue weighted by molar-refractivity contribution is -0.114. The molecular formula is C21H27N3OS. The van der Waals surface area contributed by atoms with E-state index in [2.05, 4.69) is 45.4 Å². The Balaban J connectivity index is 1.46. The van der Waals surface area contributed by atoms with Crippen molar-refractivity contribution in [3.8, 4) is 0 Å². The number of para-hydroxylation sites is 1. The van der Waals surface area contributed by atoms with Crippen molar-refractivity contribution in [1.29, 1.82) is 0 Å². The molecule has 1 aliphatic heterocycles. The maximum atomic E-state index is 11.6. The summed E-state index contributed by atoms with van der Waals surface area (Å²) in [4.78, 5) is 18.2. The van der Waals surface area contributed by atoms with Gasteiger partial charge < -0.3 is 10.2 Å². The van der Waals surface area contributed by atoms with Crippen LogP contribution in [0.15, 0.2) is 30.3 Å². The zero-order valence-electron chi connectivity index (χ0n) is 15.5. The monoisotopic (exact) mass is 369 g/mol. The number of anilines is 2. The molecular weight excluding hydrogens is 342 g/mol. The Labute approximate surface area is 159 Å². The molecule has 1 aromatic carbocycles. The molecule has 1 aliphatic carbocycles. The molecule has 5 heteroatoms. The minimum atomic E-state index is 0.0405. The summed E-state index contributed by atoms with van der Waals surface area (Å²) in [6.07, 6.45) is 4.90. The molecule has 4 nitrogen and oxygen atoms in total. The lowest BCUT2D eigenvalue weighted by Crippen LogP contribution is -2.46. The highest BCUT2D eigenvalue weighted by Crippen LogP contribution is 2.39. The first kappa shape index (κ1) is 17.6. The summed E-state index contributed by atoms with van der Waals surface area (Å²) in [6.45, 7) is 6.83. The van der Waals surface area contributed by atoms with Crippen LogP contribution < -0.4 is 10.2 Å². The van der Waals surface area contributed by atoms with E-state index in [9.17, 15) is 4.79 Å². The maximum Gasteiger partial charge on any atom is 0.221 e. The minimum absolute atomic E-state index is 0.0405. The smallest absolute Gasteiger partial charge is 0.221 e. The van der Waals surface area contributed by atoms with Crippen LogP contribution >= 0.6 is 11.3 Å². The van der Waals surface area contributed by atoms with E-state index in [-0.39, 0.29) is 5.91 Å². The molecule has 1 N–H and O–H groups in total. The molecule has 2 heterocycles. The third kappa shape index (κ3) is 3.79. The molecule has 4 rings (SSSR count). The summed E-state index contributed by atoms with van der Waals surface area (Å²) >= 11 is 1.81. The first-order valence-electron chi connectivity index (χ1n) is 9.64. The van der Waals surface area contributed by atoms with Crippen molar-refractivity contribution in [3.05, 3.63) is 46.3 Å². The van der Waals surface area contributed by atoms with E-state index >= 15 is 0 Å². The molecule has 0 saturated carbocycles. The number of nitrogens with one attached hydrogen (secondary N) is 1. The van der Waals surface area contributed by atoms with Gasteiger partial charge in [-0.2, -0.15) is 0 Å². The van der Waals surface area contributed by atoms with E-state index in [0.717, 1.165) is 37.7 Å². The Kier molecular flexibility index (Phi) is 5.27. The first-order valence-corrected chi connectivity index (χ1v) is 10.5. The Morgan fingerprint density at radius 3 is 2.54 bits per heavy atom. The van der Waals surface area contributed by atoms with Crippen molar-refractivity contribution in [3.63, 3.8) is 0 Å². The average molecular weight is 370 g/mol. The van der Waals surface area contributed by atoms with Crippen LogP contribution in [0.5, 0.6) is 0 Å². The fourth-order valence-corrected chi connectivity index (χ4v) is 5.43. The molecule has 0 unspecified atom stereocenters. The molecule has 0 radical (unpaired) electrons. The van der Waals surface area contributed by atoms with E-state index in [1.807, 2.05) is 11.3 Å². The minimum Gasteiger partial charge on any atom is -0.369 e. The van der Waals surface area contributed by atoms with Crippen molar-refractivity contribution in [1.82, 2.24) is 4.90 Å². The molecule has 26 heavy (non-hydrogen) atoms. The Bertz CT molecular complexity index is 763. The van der Waals surface area contributed by atoms with E-state index < -0.39 is 0 Å². The van der Waals surface area contributed by atoms with Gasteiger partial charge in [0, 0.05) is 55.8 Å². The third-order valence-corrected chi connectivity index (χ3v) is 6.70. The molecule has 1 saturated heterocycles. The van der Waals surface area contributed by atoms with Crippen LogP contribution in [0.2, 0.25) is 0 Å². The van der Waals surface area contributed by atoms with Gasteiger partial charge in [-0.25, -0.2) is 0 Å². The highest BCUT2D eigenvalue weighted by Gasteiger charge is 2.24. The summed E-state index contributed by atoms with van der Waals surface area (Å²) in [6, 6.07) is 10.7. The van der Waals surface area contributed by atoms with Crippen LogP contribution in [-0.2, 0) is 24.2 Å². The highest BCUT2D eigenvalue weighted by molar-refractivity contribution is 7.16. The first-order chi connectivity index (χ1) is 12.7. The van der Waals surface area contributed by atoms with Crippen LogP contribution in [0.25, 0.3) is 0 Å². The van der Waals surface area contributed by atoms with Gasteiger partial charge in [0.15, 0.2) is 0 Å². The second kappa shape index (κ2) is 7.80. The number of thiophene rings is 1. The molecule has 0 spiro atoms. The number of amides is 1. The van der Waals surface area contributed by atoms with Gasteiger partial charge in [0.05, 0.1) is 5.00 Å². The summed E-state index contributed by atoms with van der Waals surface area (Å²) in [5.74, 6) is 0.0405. The number of hydrogen-bond donors (Lipinski definition) is 1. The molecule has 0 bridgehead atoms. The van der Waals surface area contributed by atoms with E-state index in [1.54, 1.807) is 6.92 Å². The average Bonchev–Trinajstić information content (AvgIpc) is 3.00. The zero-order chi connectivity index (χ0) is 17.9. The van der Waals surface area contributed by atoms with Crippen molar-refractivity contribution in [2.24, 2.45) is 0 Å². The molecule has 1 aromatic heterocycles. The Morgan fingerprint density at radius 2 is 1.81 bits per heavy atom. The van der Waals surface area contributed by atoms with Crippen LogP contribution in [0, 0.1) is 0 Å². The normalized spacial score (nSPS) is 17.8. The number of piperazine rings is 1. The van der Waals surface area contributed by atoms with Crippen molar-refractivity contribution in [2.45, 2.75) is 39.2 Å². The lowest BCUT2D eigenvalue weighted by Gasteiger charge is -2.36. The number of carbonyl (C=O) groups is 1. The van der Waals surface area contributed by atoms with Crippen LogP contribution in [0.3, 0.4) is 0 Å². The number of aryl methyl sites for hydroxylation is 1. The predicted molar refractivity (Wildman–Crippen MR) is 109 cm³/mol. The fourth-order valence-electron chi connectivity index (χ4n) is 4.09. The highest BCUT2D eigenvalue weighted by atomic mass is 32.1. The quantitative estimate of drug-likeness (QED) is 0.888. The van der Waals surface area contributed by atoms with Crippen molar-refractivity contribution < 1.29 is 4.79 Å². The summed E-state index contributed by atoms with van der Waals surface area (Å²) in [5.41, 5.74) is 4.22. The fraction of sp³-hybridized carbons (Fsp3) is 0.476. The predicted octanol–water partition coefficient (Wildman–Crippen LogP) is 3.91. The molecule has 2 aromatic rings. The second-order valence-corrected chi connectivity index (χ2v) is 8.40. The van der Waals surface area contributed by atoms with Crippen LogP contribution in [0.1, 0.15) is 35.8 Å².